The number of likely N-dealkylation sites (tertiary alicyclic amines) is 1. The molecule has 0 radical (unpaired) electrons. The second-order valence-corrected chi connectivity index (χ2v) is 5.91. The quantitative estimate of drug-likeness (QED) is 0.861. The van der Waals surface area contributed by atoms with Gasteiger partial charge in [-0.05, 0) is 57.2 Å². The molecule has 112 valence electrons. The highest BCUT2D eigenvalue weighted by Crippen LogP contribution is 2.17. The summed E-state index contributed by atoms with van der Waals surface area (Å²) in [7, 11) is 2.21. The second kappa shape index (κ2) is 7.65. The zero-order valence-corrected chi connectivity index (χ0v) is 13.2. The van der Waals surface area contributed by atoms with Crippen molar-refractivity contribution in [3.8, 4) is 0 Å². The molecule has 1 aliphatic heterocycles. The number of hydrogen-bond donors (Lipinski definition) is 1. The predicted molar refractivity (Wildman–Crippen MR) is 87.2 cm³/mol. The molecule has 0 aliphatic carbocycles. The first-order valence-electron chi connectivity index (χ1n) is 7.97. The number of nitrogens with one attached hydrogen (secondary N) is 1. The van der Waals surface area contributed by atoms with E-state index in [9.17, 15) is 0 Å². The first-order valence-corrected chi connectivity index (χ1v) is 7.97. The van der Waals surface area contributed by atoms with Crippen LogP contribution in [0, 0.1) is 0 Å². The maximum absolute atomic E-state index is 3.70. The first kappa shape index (κ1) is 15.3. The number of anilines is 1. The van der Waals surface area contributed by atoms with E-state index in [1.165, 1.54) is 30.6 Å². The minimum Gasteiger partial charge on any atom is -0.381 e. The van der Waals surface area contributed by atoms with Gasteiger partial charge in [-0.2, -0.15) is 0 Å². The summed E-state index contributed by atoms with van der Waals surface area (Å²) in [6.45, 7) is 10.1. The van der Waals surface area contributed by atoms with E-state index >= 15 is 0 Å². The smallest absolute Gasteiger partial charge is 0.0388 e. The van der Waals surface area contributed by atoms with E-state index in [0.717, 1.165) is 26.2 Å². The Labute approximate surface area is 124 Å². The van der Waals surface area contributed by atoms with Crippen LogP contribution in [0.5, 0.6) is 0 Å². The van der Waals surface area contributed by atoms with Gasteiger partial charge < -0.3 is 10.2 Å². The number of rotatable bonds is 6. The summed E-state index contributed by atoms with van der Waals surface area (Å²) < 4.78 is 0. The Balaban J connectivity index is 1.95. The fraction of sp³-hybridized carbons (Fsp3) is 0.647. The van der Waals surface area contributed by atoms with Crippen molar-refractivity contribution in [3.05, 3.63) is 29.8 Å². The largest absolute Gasteiger partial charge is 0.381 e. The van der Waals surface area contributed by atoms with E-state index in [1.807, 2.05) is 0 Å². The first-order chi connectivity index (χ1) is 9.71. The van der Waals surface area contributed by atoms with E-state index < -0.39 is 0 Å². The third-order valence-electron chi connectivity index (χ3n) is 4.22. The normalized spacial score (nSPS) is 20.3. The SMILES string of the molecule is CCN(CC)Cc1cccc(NC2CCCN(C)C2)c1. The standard InChI is InChI=1S/C17H29N3/c1-4-20(5-2)13-15-8-6-9-16(12-15)18-17-10-7-11-19(3)14-17/h6,8-9,12,17-18H,4-5,7,10-11,13-14H2,1-3H3. The molecule has 0 aromatic heterocycles. The Hall–Kier alpha value is -1.06. The van der Waals surface area contributed by atoms with E-state index in [2.05, 4.69) is 60.3 Å². The highest BCUT2D eigenvalue weighted by molar-refractivity contribution is 5.46. The molecular weight excluding hydrogens is 246 g/mol. The van der Waals surface area contributed by atoms with Crippen LogP contribution in [-0.2, 0) is 6.54 Å². The number of nitrogens with zero attached hydrogens (tertiary/aromatic N) is 2. The van der Waals surface area contributed by atoms with Crippen LogP contribution in [0.4, 0.5) is 5.69 Å². The minimum absolute atomic E-state index is 0.595. The van der Waals surface area contributed by atoms with Crippen molar-refractivity contribution in [1.82, 2.24) is 9.80 Å². The summed E-state index contributed by atoms with van der Waals surface area (Å²) in [4.78, 5) is 4.87. The highest BCUT2D eigenvalue weighted by atomic mass is 15.1. The topological polar surface area (TPSA) is 18.5 Å². The fourth-order valence-electron chi connectivity index (χ4n) is 2.98. The summed E-state index contributed by atoms with van der Waals surface area (Å²) in [5.74, 6) is 0. The maximum atomic E-state index is 3.70. The van der Waals surface area contributed by atoms with E-state index in [1.54, 1.807) is 0 Å². The van der Waals surface area contributed by atoms with E-state index in [0.29, 0.717) is 6.04 Å². The summed E-state index contributed by atoms with van der Waals surface area (Å²) in [5.41, 5.74) is 2.68. The van der Waals surface area contributed by atoms with Crippen LogP contribution in [0.3, 0.4) is 0 Å². The third kappa shape index (κ3) is 4.50. The lowest BCUT2D eigenvalue weighted by molar-refractivity contribution is 0.261. The molecule has 1 fully saturated rings. The van der Waals surface area contributed by atoms with Crippen LogP contribution < -0.4 is 5.32 Å². The van der Waals surface area contributed by atoms with Crippen molar-refractivity contribution in [2.75, 3.05) is 38.5 Å². The van der Waals surface area contributed by atoms with E-state index in [-0.39, 0.29) is 0 Å². The molecule has 0 bridgehead atoms. The molecule has 20 heavy (non-hydrogen) atoms. The molecule has 1 unspecified atom stereocenters. The molecule has 2 rings (SSSR count). The summed E-state index contributed by atoms with van der Waals surface area (Å²) in [5, 5.41) is 3.70. The van der Waals surface area contributed by atoms with Gasteiger partial charge in [-0.3, -0.25) is 4.90 Å². The Kier molecular flexibility index (Phi) is 5.86. The van der Waals surface area contributed by atoms with Crippen LogP contribution in [0.15, 0.2) is 24.3 Å². The molecule has 1 saturated heterocycles. The van der Waals surface area contributed by atoms with Crippen molar-refractivity contribution in [2.24, 2.45) is 0 Å². The van der Waals surface area contributed by atoms with Crippen molar-refractivity contribution >= 4 is 5.69 Å². The van der Waals surface area contributed by atoms with E-state index in [4.69, 9.17) is 0 Å². The molecule has 1 heterocycles. The zero-order chi connectivity index (χ0) is 14.4. The third-order valence-corrected chi connectivity index (χ3v) is 4.22. The zero-order valence-electron chi connectivity index (χ0n) is 13.2. The van der Waals surface area contributed by atoms with Crippen molar-refractivity contribution in [3.63, 3.8) is 0 Å². The van der Waals surface area contributed by atoms with Gasteiger partial charge in [0.2, 0.25) is 0 Å². The summed E-state index contributed by atoms with van der Waals surface area (Å²) in [6, 6.07) is 9.51. The van der Waals surface area contributed by atoms with Gasteiger partial charge in [0.1, 0.15) is 0 Å². The van der Waals surface area contributed by atoms with Gasteiger partial charge >= 0.3 is 0 Å². The maximum Gasteiger partial charge on any atom is 0.0388 e. The lowest BCUT2D eigenvalue weighted by Crippen LogP contribution is -2.39. The molecule has 0 amide bonds. The molecule has 1 atom stereocenters. The fourth-order valence-corrected chi connectivity index (χ4v) is 2.98. The lowest BCUT2D eigenvalue weighted by atomic mass is 10.1. The number of benzene rings is 1. The van der Waals surface area contributed by atoms with Crippen molar-refractivity contribution < 1.29 is 0 Å². The minimum atomic E-state index is 0.595. The van der Waals surface area contributed by atoms with Crippen LogP contribution in [0.25, 0.3) is 0 Å². The lowest BCUT2D eigenvalue weighted by Gasteiger charge is -2.31. The van der Waals surface area contributed by atoms with Gasteiger partial charge in [-0.1, -0.05) is 26.0 Å². The van der Waals surface area contributed by atoms with Gasteiger partial charge in [0.05, 0.1) is 0 Å². The predicted octanol–water partition coefficient (Wildman–Crippen LogP) is 3.03. The highest BCUT2D eigenvalue weighted by Gasteiger charge is 2.16. The van der Waals surface area contributed by atoms with Crippen LogP contribution in [0.2, 0.25) is 0 Å². The molecule has 1 aromatic rings. The molecule has 1 aliphatic rings. The Morgan fingerprint density at radius 3 is 2.80 bits per heavy atom. The van der Waals surface area contributed by atoms with Gasteiger partial charge in [0.15, 0.2) is 0 Å². The Bertz CT molecular complexity index is 401. The van der Waals surface area contributed by atoms with Gasteiger partial charge in [-0.15, -0.1) is 0 Å². The van der Waals surface area contributed by atoms with Crippen LogP contribution in [0.1, 0.15) is 32.3 Å². The average Bonchev–Trinajstić information content (AvgIpc) is 2.45. The number of piperidine rings is 1. The Morgan fingerprint density at radius 2 is 2.10 bits per heavy atom. The summed E-state index contributed by atoms with van der Waals surface area (Å²) in [6.07, 6.45) is 2.58. The molecule has 0 saturated carbocycles. The molecule has 0 spiro atoms. The monoisotopic (exact) mass is 275 g/mol. The molecule has 1 aromatic carbocycles. The molecule has 3 heteroatoms. The van der Waals surface area contributed by atoms with Crippen molar-refractivity contribution in [2.45, 2.75) is 39.3 Å². The van der Waals surface area contributed by atoms with Crippen molar-refractivity contribution in [1.29, 1.82) is 0 Å². The average molecular weight is 275 g/mol. The van der Waals surface area contributed by atoms with Crippen LogP contribution >= 0.6 is 0 Å². The second-order valence-electron chi connectivity index (χ2n) is 5.91. The molecular formula is C17H29N3. The number of likely N-dealkylation sites (N-methyl/N-ethyl adjacent to an activating group) is 1. The van der Waals surface area contributed by atoms with Gasteiger partial charge in [0, 0.05) is 24.8 Å². The Morgan fingerprint density at radius 1 is 1.30 bits per heavy atom. The number of hydrogen-bond acceptors (Lipinski definition) is 3. The molecule has 3 nitrogen and oxygen atoms in total. The van der Waals surface area contributed by atoms with Gasteiger partial charge in [0.25, 0.3) is 0 Å². The summed E-state index contributed by atoms with van der Waals surface area (Å²) >= 11 is 0. The van der Waals surface area contributed by atoms with Crippen LogP contribution in [-0.4, -0.2) is 49.1 Å². The molecule has 1 N–H and O–H groups in total. The van der Waals surface area contributed by atoms with Gasteiger partial charge in [-0.25, -0.2) is 0 Å².